The summed E-state index contributed by atoms with van der Waals surface area (Å²) in [6.45, 7) is 12.2. The quantitative estimate of drug-likeness (QED) is 0.914. The minimum absolute atomic E-state index is 0.520. The fourth-order valence-electron chi connectivity index (χ4n) is 2.01. The van der Waals surface area contributed by atoms with Gasteiger partial charge in [-0.3, -0.25) is 0 Å². The van der Waals surface area contributed by atoms with E-state index in [1.54, 1.807) is 0 Å². The third-order valence-corrected chi connectivity index (χ3v) is 4.13. The van der Waals surface area contributed by atoms with Gasteiger partial charge in [-0.15, -0.1) is 11.3 Å². The molecule has 0 bridgehead atoms. The van der Waals surface area contributed by atoms with Gasteiger partial charge in [0.05, 0.1) is 6.54 Å². The Labute approximate surface area is 118 Å². The van der Waals surface area contributed by atoms with E-state index in [9.17, 15) is 0 Å². The Bertz CT molecular complexity index is 554. The number of nitrogens with zero attached hydrogens (tertiary/aromatic N) is 3. The molecule has 0 amide bonds. The third-order valence-electron chi connectivity index (χ3n) is 3.04. The number of aryl methyl sites for hydroxylation is 3. The zero-order valence-electron chi connectivity index (χ0n) is 12.3. The Morgan fingerprint density at radius 3 is 2.63 bits per heavy atom. The van der Waals surface area contributed by atoms with Gasteiger partial charge in [0.1, 0.15) is 11.6 Å². The van der Waals surface area contributed by atoms with E-state index >= 15 is 0 Å². The molecule has 2 aromatic heterocycles. The number of aromatic nitrogens is 3. The van der Waals surface area contributed by atoms with Crippen molar-refractivity contribution < 1.29 is 0 Å². The second-order valence-electron chi connectivity index (χ2n) is 5.19. The Balaban J connectivity index is 2.10. The lowest BCUT2D eigenvalue weighted by Crippen LogP contribution is -2.21. The first-order valence-electron chi connectivity index (χ1n) is 6.65. The molecule has 1 N–H and O–H groups in total. The molecule has 2 heterocycles. The summed E-state index contributed by atoms with van der Waals surface area (Å²) in [6.07, 6.45) is 0. The van der Waals surface area contributed by atoms with Crippen LogP contribution < -0.4 is 5.32 Å². The standard InChI is InChI=1S/C14H22N4S/c1-9(2)15-7-14-6-13(10(3)19-14)8-18-12(5)16-11(4)17-18/h6,9,15H,7-8H2,1-5H3. The second-order valence-corrected chi connectivity index (χ2v) is 6.53. The van der Waals surface area contributed by atoms with Crippen molar-refractivity contribution >= 4 is 11.3 Å². The van der Waals surface area contributed by atoms with E-state index in [0.29, 0.717) is 6.04 Å². The fraction of sp³-hybridized carbons (Fsp3) is 0.571. The van der Waals surface area contributed by atoms with Gasteiger partial charge in [0, 0.05) is 22.3 Å². The van der Waals surface area contributed by atoms with Crippen LogP contribution in [0.1, 0.15) is 40.8 Å². The Hall–Kier alpha value is -1.20. The van der Waals surface area contributed by atoms with Crippen LogP contribution in [-0.2, 0) is 13.1 Å². The lowest BCUT2D eigenvalue weighted by atomic mass is 10.2. The summed E-state index contributed by atoms with van der Waals surface area (Å²) in [6, 6.07) is 2.80. The third kappa shape index (κ3) is 3.64. The van der Waals surface area contributed by atoms with Crippen molar-refractivity contribution in [2.24, 2.45) is 0 Å². The lowest BCUT2D eigenvalue weighted by Gasteiger charge is -2.05. The van der Waals surface area contributed by atoms with Gasteiger partial charge in [-0.05, 0) is 32.4 Å². The molecule has 104 valence electrons. The monoisotopic (exact) mass is 278 g/mol. The van der Waals surface area contributed by atoms with Gasteiger partial charge in [-0.1, -0.05) is 13.8 Å². The smallest absolute Gasteiger partial charge is 0.147 e. The summed E-state index contributed by atoms with van der Waals surface area (Å²) in [5.74, 6) is 1.82. The molecule has 0 fully saturated rings. The molecule has 0 atom stereocenters. The summed E-state index contributed by atoms with van der Waals surface area (Å²) in [7, 11) is 0. The van der Waals surface area contributed by atoms with E-state index in [4.69, 9.17) is 0 Å². The molecule has 2 aromatic rings. The van der Waals surface area contributed by atoms with Gasteiger partial charge in [0.25, 0.3) is 0 Å². The Morgan fingerprint density at radius 1 is 1.32 bits per heavy atom. The molecule has 0 unspecified atom stereocenters. The van der Waals surface area contributed by atoms with Crippen LogP contribution in [0.25, 0.3) is 0 Å². The first-order chi connectivity index (χ1) is 8.95. The van der Waals surface area contributed by atoms with E-state index in [2.05, 4.69) is 42.2 Å². The zero-order chi connectivity index (χ0) is 14.0. The highest BCUT2D eigenvalue weighted by molar-refractivity contribution is 7.12. The number of nitrogens with one attached hydrogen (secondary N) is 1. The van der Waals surface area contributed by atoms with Crippen LogP contribution in [0.15, 0.2) is 6.07 Å². The minimum Gasteiger partial charge on any atom is -0.310 e. The van der Waals surface area contributed by atoms with Gasteiger partial charge in [0.15, 0.2) is 0 Å². The van der Waals surface area contributed by atoms with Crippen molar-refractivity contribution in [3.8, 4) is 0 Å². The predicted molar refractivity (Wildman–Crippen MR) is 79.6 cm³/mol. The van der Waals surface area contributed by atoms with Crippen LogP contribution >= 0.6 is 11.3 Å². The number of hydrogen-bond acceptors (Lipinski definition) is 4. The molecular weight excluding hydrogens is 256 g/mol. The molecule has 0 saturated carbocycles. The van der Waals surface area contributed by atoms with Gasteiger partial charge in [0.2, 0.25) is 0 Å². The molecular formula is C14H22N4S. The summed E-state index contributed by atoms with van der Waals surface area (Å²) in [4.78, 5) is 7.10. The van der Waals surface area contributed by atoms with Gasteiger partial charge < -0.3 is 5.32 Å². The lowest BCUT2D eigenvalue weighted by molar-refractivity contribution is 0.592. The highest BCUT2D eigenvalue weighted by Crippen LogP contribution is 2.22. The average molecular weight is 278 g/mol. The van der Waals surface area contributed by atoms with E-state index in [1.165, 1.54) is 15.3 Å². The maximum absolute atomic E-state index is 4.42. The molecule has 0 aliphatic carbocycles. The van der Waals surface area contributed by atoms with Crippen molar-refractivity contribution in [2.45, 2.75) is 53.8 Å². The van der Waals surface area contributed by atoms with E-state index < -0.39 is 0 Å². The van der Waals surface area contributed by atoms with Crippen molar-refractivity contribution in [1.82, 2.24) is 20.1 Å². The Morgan fingerprint density at radius 2 is 2.05 bits per heavy atom. The molecule has 4 nitrogen and oxygen atoms in total. The first kappa shape index (κ1) is 14.2. The van der Waals surface area contributed by atoms with Crippen molar-refractivity contribution in [2.75, 3.05) is 0 Å². The van der Waals surface area contributed by atoms with Gasteiger partial charge >= 0.3 is 0 Å². The topological polar surface area (TPSA) is 42.7 Å². The van der Waals surface area contributed by atoms with Crippen molar-refractivity contribution in [3.05, 3.63) is 33.0 Å². The van der Waals surface area contributed by atoms with Crippen molar-refractivity contribution in [3.63, 3.8) is 0 Å². The second kappa shape index (κ2) is 5.84. The molecule has 0 aliphatic heterocycles. The maximum atomic E-state index is 4.42. The molecule has 19 heavy (non-hydrogen) atoms. The Kier molecular flexibility index (Phi) is 4.37. The SMILES string of the molecule is Cc1nc(C)n(Cc2cc(CNC(C)C)sc2C)n1. The number of thiophene rings is 1. The van der Waals surface area contributed by atoms with Crippen LogP contribution in [0.5, 0.6) is 0 Å². The highest BCUT2D eigenvalue weighted by atomic mass is 32.1. The summed E-state index contributed by atoms with van der Waals surface area (Å²) >= 11 is 1.86. The molecule has 0 aromatic carbocycles. The van der Waals surface area contributed by atoms with E-state index in [1.807, 2.05) is 29.9 Å². The van der Waals surface area contributed by atoms with Crippen LogP contribution in [0, 0.1) is 20.8 Å². The van der Waals surface area contributed by atoms with Crippen LogP contribution in [0.2, 0.25) is 0 Å². The number of rotatable bonds is 5. The van der Waals surface area contributed by atoms with Crippen LogP contribution in [0.4, 0.5) is 0 Å². The van der Waals surface area contributed by atoms with Gasteiger partial charge in [-0.25, -0.2) is 9.67 Å². The largest absolute Gasteiger partial charge is 0.310 e. The zero-order valence-corrected chi connectivity index (χ0v) is 13.1. The summed E-state index contributed by atoms with van der Waals surface area (Å²) < 4.78 is 1.98. The molecule has 0 aliphatic rings. The average Bonchev–Trinajstić information content (AvgIpc) is 2.81. The van der Waals surface area contributed by atoms with E-state index in [-0.39, 0.29) is 0 Å². The molecule has 5 heteroatoms. The predicted octanol–water partition coefficient (Wildman–Crippen LogP) is 2.81. The first-order valence-corrected chi connectivity index (χ1v) is 7.47. The summed E-state index contributed by atoms with van der Waals surface area (Å²) in [5, 5.41) is 7.88. The summed E-state index contributed by atoms with van der Waals surface area (Å²) in [5.41, 5.74) is 1.35. The maximum Gasteiger partial charge on any atom is 0.147 e. The fourth-order valence-corrected chi connectivity index (χ4v) is 3.01. The highest BCUT2D eigenvalue weighted by Gasteiger charge is 2.09. The molecule has 0 saturated heterocycles. The number of hydrogen-bond donors (Lipinski definition) is 1. The van der Waals surface area contributed by atoms with Crippen LogP contribution in [-0.4, -0.2) is 20.8 Å². The molecule has 2 rings (SSSR count). The molecule has 0 spiro atoms. The van der Waals surface area contributed by atoms with Gasteiger partial charge in [-0.2, -0.15) is 5.10 Å². The van der Waals surface area contributed by atoms with Crippen molar-refractivity contribution in [1.29, 1.82) is 0 Å². The van der Waals surface area contributed by atoms with Crippen LogP contribution in [0.3, 0.4) is 0 Å². The normalized spacial score (nSPS) is 11.5. The molecule has 0 radical (unpaired) electrons. The van der Waals surface area contributed by atoms with E-state index in [0.717, 1.165) is 24.7 Å². The minimum atomic E-state index is 0.520.